The van der Waals surface area contributed by atoms with E-state index in [0.717, 1.165) is 6.54 Å². The monoisotopic (exact) mass is 195 g/mol. The van der Waals surface area contributed by atoms with Crippen molar-refractivity contribution >= 4 is 11.8 Å². The van der Waals surface area contributed by atoms with E-state index >= 15 is 0 Å². The molecule has 1 nitrogen and oxygen atoms in total. The molecule has 72 valence electrons. The molecule has 0 amide bonds. The zero-order valence-corrected chi connectivity index (χ0v) is 9.16. The molecule has 0 heterocycles. The predicted molar refractivity (Wildman–Crippen MR) is 60.4 cm³/mol. The van der Waals surface area contributed by atoms with Gasteiger partial charge in [-0.2, -0.15) is 0 Å². The number of thioether (sulfide) groups is 1. The first-order valence-electron chi connectivity index (χ1n) is 4.67. The van der Waals surface area contributed by atoms with E-state index in [1.807, 2.05) is 18.8 Å². The van der Waals surface area contributed by atoms with Crippen LogP contribution in [0, 0.1) is 6.92 Å². The van der Waals surface area contributed by atoms with Gasteiger partial charge in [-0.05, 0) is 44.8 Å². The summed E-state index contributed by atoms with van der Waals surface area (Å²) >= 11 is 1.93. The second-order valence-electron chi connectivity index (χ2n) is 3.12. The van der Waals surface area contributed by atoms with Crippen molar-refractivity contribution in [1.82, 2.24) is 5.32 Å². The third-order valence-corrected chi connectivity index (χ3v) is 2.91. The first kappa shape index (κ1) is 10.6. The Morgan fingerprint density at radius 1 is 1.38 bits per heavy atom. The maximum atomic E-state index is 3.15. The lowest BCUT2D eigenvalue weighted by molar-refractivity contribution is 0.778. The first-order chi connectivity index (χ1) is 6.33. The van der Waals surface area contributed by atoms with Crippen molar-refractivity contribution in [1.29, 1.82) is 0 Å². The third kappa shape index (κ3) is 4.34. The normalized spacial score (nSPS) is 10.3. The van der Waals surface area contributed by atoms with E-state index in [1.54, 1.807) is 0 Å². The summed E-state index contributed by atoms with van der Waals surface area (Å²) in [5.41, 5.74) is 1.35. The standard InChI is InChI=1S/C11H17NS/c1-10-5-3-6-11(9-10)13-8-4-7-12-2/h3,5-6,9,12H,4,7-8H2,1-2H3. The fourth-order valence-electron chi connectivity index (χ4n) is 1.14. The lowest BCUT2D eigenvalue weighted by Crippen LogP contribution is -2.07. The molecular formula is C11H17NS. The molecule has 1 aromatic carbocycles. The second kappa shape index (κ2) is 6.06. The summed E-state index contributed by atoms with van der Waals surface area (Å²) in [6.45, 7) is 3.25. The van der Waals surface area contributed by atoms with E-state index < -0.39 is 0 Å². The Labute approximate surface area is 84.9 Å². The van der Waals surface area contributed by atoms with Crippen molar-refractivity contribution in [2.75, 3.05) is 19.3 Å². The van der Waals surface area contributed by atoms with Gasteiger partial charge in [-0.25, -0.2) is 0 Å². The molecule has 0 atom stereocenters. The number of hydrogen-bond donors (Lipinski definition) is 1. The van der Waals surface area contributed by atoms with E-state index in [2.05, 4.69) is 36.5 Å². The summed E-state index contributed by atoms with van der Waals surface area (Å²) in [5, 5.41) is 3.15. The van der Waals surface area contributed by atoms with Crippen molar-refractivity contribution < 1.29 is 0 Å². The van der Waals surface area contributed by atoms with E-state index in [1.165, 1.54) is 22.6 Å². The highest BCUT2D eigenvalue weighted by Gasteiger charge is 1.93. The number of aryl methyl sites for hydroxylation is 1. The minimum absolute atomic E-state index is 1.11. The highest BCUT2D eigenvalue weighted by atomic mass is 32.2. The zero-order valence-electron chi connectivity index (χ0n) is 8.34. The first-order valence-corrected chi connectivity index (χ1v) is 5.65. The Bertz CT molecular complexity index is 248. The van der Waals surface area contributed by atoms with Gasteiger partial charge >= 0.3 is 0 Å². The topological polar surface area (TPSA) is 12.0 Å². The maximum absolute atomic E-state index is 3.15. The molecule has 0 fully saturated rings. The molecule has 0 radical (unpaired) electrons. The molecule has 0 saturated carbocycles. The van der Waals surface area contributed by atoms with E-state index in [-0.39, 0.29) is 0 Å². The van der Waals surface area contributed by atoms with Gasteiger partial charge in [0.1, 0.15) is 0 Å². The van der Waals surface area contributed by atoms with Gasteiger partial charge in [0.05, 0.1) is 0 Å². The van der Waals surface area contributed by atoms with Crippen LogP contribution in [0.15, 0.2) is 29.2 Å². The molecule has 0 spiro atoms. The second-order valence-corrected chi connectivity index (χ2v) is 4.29. The molecule has 1 N–H and O–H groups in total. The highest BCUT2D eigenvalue weighted by Crippen LogP contribution is 2.19. The molecule has 0 aromatic heterocycles. The molecule has 0 aliphatic rings. The summed E-state index contributed by atoms with van der Waals surface area (Å²) in [5.74, 6) is 1.20. The predicted octanol–water partition coefficient (Wildman–Crippen LogP) is 2.70. The minimum Gasteiger partial charge on any atom is -0.320 e. The van der Waals surface area contributed by atoms with Gasteiger partial charge in [0.15, 0.2) is 0 Å². The molecule has 2 heteroatoms. The van der Waals surface area contributed by atoms with Crippen LogP contribution in [0.3, 0.4) is 0 Å². The lowest BCUT2D eigenvalue weighted by atomic mass is 10.2. The van der Waals surface area contributed by atoms with Crippen molar-refractivity contribution in [2.24, 2.45) is 0 Å². The zero-order chi connectivity index (χ0) is 9.52. The van der Waals surface area contributed by atoms with Crippen LogP contribution < -0.4 is 5.32 Å². The van der Waals surface area contributed by atoms with Crippen molar-refractivity contribution in [3.8, 4) is 0 Å². The minimum atomic E-state index is 1.11. The summed E-state index contributed by atoms with van der Waals surface area (Å²) in [7, 11) is 2.00. The Hall–Kier alpha value is -0.470. The number of hydrogen-bond acceptors (Lipinski definition) is 2. The van der Waals surface area contributed by atoms with Gasteiger partial charge in [0.25, 0.3) is 0 Å². The molecular weight excluding hydrogens is 178 g/mol. The van der Waals surface area contributed by atoms with E-state index in [4.69, 9.17) is 0 Å². The van der Waals surface area contributed by atoms with Crippen LogP contribution >= 0.6 is 11.8 Å². The van der Waals surface area contributed by atoms with Crippen LogP contribution in [-0.4, -0.2) is 19.3 Å². The Balaban J connectivity index is 2.28. The quantitative estimate of drug-likeness (QED) is 0.572. The molecule has 0 saturated heterocycles. The maximum Gasteiger partial charge on any atom is 0.00745 e. The van der Waals surface area contributed by atoms with E-state index in [0.29, 0.717) is 0 Å². The van der Waals surface area contributed by atoms with Crippen LogP contribution in [0.5, 0.6) is 0 Å². The average molecular weight is 195 g/mol. The number of nitrogens with one attached hydrogen (secondary N) is 1. The number of benzene rings is 1. The largest absolute Gasteiger partial charge is 0.320 e. The van der Waals surface area contributed by atoms with E-state index in [9.17, 15) is 0 Å². The van der Waals surface area contributed by atoms with Gasteiger partial charge in [-0.3, -0.25) is 0 Å². The average Bonchev–Trinajstić information content (AvgIpc) is 2.13. The van der Waals surface area contributed by atoms with Crippen LogP contribution in [0.4, 0.5) is 0 Å². The summed E-state index contributed by atoms with van der Waals surface area (Å²) in [6.07, 6.45) is 1.23. The fraction of sp³-hybridized carbons (Fsp3) is 0.455. The third-order valence-electron chi connectivity index (χ3n) is 1.83. The van der Waals surface area contributed by atoms with Gasteiger partial charge in [0, 0.05) is 4.90 Å². The highest BCUT2D eigenvalue weighted by molar-refractivity contribution is 7.99. The van der Waals surface area contributed by atoms with Gasteiger partial charge in [-0.15, -0.1) is 11.8 Å². The Morgan fingerprint density at radius 3 is 2.92 bits per heavy atom. The Kier molecular flexibility index (Phi) is 4.94. The molecule has 1 aromatic rings. The molecule has 0 bridgehead atoms. The van der Waals surface area contributed by atoms with Crippen molar-refractivity contribution in [3.05, 3.63) is 29.8 Å². The molecule has 0 aliphatic heterocycles. The van der Waals surface area contributed by atoms with Gasteiger partial charge in [0.2, 0.25) is 0 Å². The molecule has 0 aliphatic carbocycles. The van der Waals surface area contributed by atoms with Gasteiger partial charge in [-0.1, -0.05) is 17.7 Å². The fourth-order valence-corrected chi connectivity index (χ4v) is 2.11. The summed E-state index contributed by atoms with van der Waals surface area (Å²) in [6, 6.07) is 8.68. The SMILES string of the molecule is CNCCCSc1cccc(C)c1. The van der Waals surface area contributed by atoms with Crippen LogP contribution in [-0.2, 0) is 0 Å². The van der Waals surface area contributed by atoms with Crippen LogP contribution in [0.1, 0.15) is 12.0 Å². The van der Waals surface area contributed by atoms with Crippen molar-refractivity contribution in [2.45, 2.75) is 18.2 Å². The molecule has 13 heavy (non-hydrogen) atoms. The summed E-state index contributed by atoms with van der Waals surface area (Å²) < 4.78 is 0. The lowest BCUT2D eigenvalue weighted by Gasteiger charge is -2.02. The van der Waals surface area contributed by atoms with Crippen LogP contribution in [0.25, 0.3) is 0 Å². The smallest absolute Gasteiger partial charge is 0.00745 e. The van der Waals surface area contributed by atoms with Gasteiger partial charge < -0.3 is 5.32 Å². The number of rotatable bonds is 5. The van der Waals surface area contributed by atoms with Crippen LogP contribution in [0.2, 0.25) is 0 Å². The van der Waals surface area contributed by atoms with Crippen molar-refractivity contribution in [3.63, 3.8) is 0 Å². The summed E-state index contributed by atoms with van der Waals surface area (Å²) in [4.78, 5) is 1.39. The molecule has 0 unspecified atom stereocenters. The molecule has 1 rings (SSSR count). The Morgan fingerprint density at radius 2 is 2.23 bits per heavy atom.